The van der Waals surface area contributed by atoms with Crippen LogP contribution >= 0.6 is 11.5 Å². The second-order valence-corrected chi connectivity index (χ2v) is 7.31. The SMILES string of the molecule is COc1ccc(NC(=O)Cn2cnc3c(-c4cccc(C)c4)nsc3c2=O)cc1. The van der Waals surface area contributed by atoms with E-state index in [9.17, 15) is 9.59 Å². The van der Waals surface area contributed by atoms with Gasteiger partial charge >= 0.3 is 0 Å². The molecule has 0 fully saturated rings. The van der Waals surface area contributed by atoms with Crippen molar-refractivity contribution in [1.82, 2.24) is 13.9 Å². The van der Waals surface area contributed by atoms with Crippen molar-refractivity contribution >= 4 is 33.3 Å². The molecule has 0 atom stereocenters. The minimum Gasteiger partial charge on any atom is -0.497 e. The number of methoxy groups -OCH3 is 1. The minimum atomic E-state index is -0.318. The number of carbonyl (C=O) groups excluding carboxylic acids is 1. The molecule has 146 valence electrons. The molecule has 1 amide bonds. The number of benzene rings is 2. The quantitative estimate of drug-likeness (QED) is 0.548. The van der Waals surface area contributed by atoms with Crippen LogP contribution in [0, 0.1) is 6.92 Å². The molecular weight excluding hydrogens is 388 g/mol. The van der Waals surface area contributed by atoms with Crippen molar-refractivity contribution in [3.05, 3.63) is 70.8 Å². The number of aryl methyl sites for hydroxylation is 1. The monoisotopic (exact) mass is 406 g/mol. The van der Waals surface area contributed by atoms with Gasteiger partial charge < -0.3 is 10.1 Å². The Morgan fingerprint density at radius 3 is 2.72 bits per heavy atom. The lowest BCUT2D eigenvalue weighted by Crippen LogP contribution is -2.27. The summed E-state index contributed by atoms with van der Waals surface area (Å²) < 4.78 is 11.2. The second-order valence-electron chi connectivity index (χ2n) is 6.53. The number of carbonyl (C=O) groups is 1. The summed E-state index contributed by atoms with van der Waals surface area (Å²) in [6.07, 6.45) is 1.39. The Balaban J connectivity index is 1.58. The summed E-state index contributed by atoms with van der Waals surface area (Å²) in [5.74, 6) is 0.380. The van der Waals surface area contributed by atoms with E-state index < -0.39 is 0 Å². The van der Waals surface area contributed by atoms with E-state index in [-0.39, 0.29) is 18.0 Å². The zero-order chi connectivity index (χ0) is 20.4. The molecule has 8 heteroatoms. The Kier molecular flexibility index (Phi) is 5.09. The lowest BCUT2D eigenvalue weighted by molar-refractivity contribution is -0.116. The Morgan fingerprint density at radius 1 is 1.21 bits per heavy atom. The van der Waals surface area contributed by atoms with Crippen molar-refractivity contribution in [1.29, 1.82) is 0 Å². The van der Waals surface area contributed by atoms with Crippen molar-refractivity contribution in [2.45, 2.75) is 13.5 Å². The van der Waals surface area contributed by atoms with Crippen molar-refractivity contribution < 1.29 is 9.53 Å². The Labute approximate surface area is 170 Å². The van der Waals surface area contributed by atoms with Gasteiger partial charge in [-0.2, -0.15) is 4.37 Å². The maximum Gasteiger partial charge on any atom is 0.273 e. The highest BCUT2D eigenvalue weighted by atomic mass is 32.1. The molecule has 0 bridgehead atoms. The van der Waals surface area contributed by atoms with Crippen LogP contribution in [0.25, 0.3) is 21.5 Å². The average Bonchev–Trinajstić information content (AvgIpc) is 3.15. The number of aromatic nitrogens is 3. The summed E-state index contributed by atoms with van der Waals surface area (Å²) in [5, 5.41) is 2.76. The maximum atomic E-state index is 12.8. The predicted molar refractivity (Wildman–Crippen MR) is 113 cm³/mol. The third-order valence-corrected chi connectivity index (χ3v) is 5.25. The van der Waals surface area contributed by atoms with Crippen LogP contribution in [0.4, 0.5) is 5.69 Å². The highest BCUT2D eigenvalue weighted by molar-refractivity contribution is 7.13. The number of hydrogen-bond acceptors (Lipinski definition) is 6. The molecule has 0 aliphatic rings. The number of anilines is 1. The van der Waals surface area contributed by atoms with E-state index in [1.54, 1.807) is 31.4 Å². The van der Waals surface area contributed by atoms with Crippen LogP contribution < -0.4 is 15.6 Å². The summed E-state index contributed by atoms with van der Waals surface area (Å²) in [4.78, 5) is 29.6. The molecule has 0 saturated carbocycles. The highest BCUT2D eigenvalue weighted by Gasteiger charge is 2.15. The number of fused-ring (bicyclic) bond motifs is 1. The summed E-state index contributed by atoms with van der Waals surface area (Å²) in [7, 11) is 1.58. The van der Waals surface area contributed by atoms with Crippen LogP contribution in [0.5, 0.6) is 5.75 Å². The molecule has 0 spiro atoms. The van der Waals surface area contributed by atoms with Gasteiger partial charge in [-0.3, -0.25) is 14.2 Å². The van der Waals surface area contributed by atoms with Crippen molar-refractivity contribution in [3.8, 4) is 17.0 Å². The molecule has 4 rings (SSSR count). The van der Waals surface area contributed by atoms with Crippen LogP contribution in [0.15, 0.2) is 59.7 Å². The average molecular weight is 406 g/mol. The molecule has 2 heterocycles. The number of nitrogens with one attached hydrogen (secondary N) is 1. The third-order valence-electron chi connectivity index (χ3n) is 4.43. The zero-order valence-electron chi connectivity index (χ0n) is 15.9. The summed E-state index contributed by atoms with van der Waals surface area (Å²) in [6.45, 7) is 1.87. The standard InChI is InChI=1S/C21H18N4O3S/c1-13-4-3-5-14(10-13)18-19-20(29-24-18)21(27)25(12-22-19)11-17(26)23-15-6-8-16(28-2)9-7-15/h3-10,12H,11H2,1-2H3,(H,23,26). The first-order valence-electron chi connectivity index (χ1n) is 8.91. The zero-order valence-corrected chi connectivity index (χ0v) is 16.7. The molecular formula is C21H18N4O3S. The number of rotatable bonds is 5. The van der Waals surface area contributed by atoms with Gasteiger partial charge in [-0.15, -0.1) is 0 Å². The second kappa shape index (κ2) is 7.84. The minimum absolute atomic E-state index is 0.133. The van der Waals surface area contributed by atoms with Crippen molar-refractivity contribution in [2.75, 3.05) is 12.4 Å². The Morgan fingerprint density at radius 2 is 2.00 bits per heavy atom. The van der Waals surface area contributed by atoms with Crippen LogP contribution in [-0.2, 0) is 11.3 Å². The molecule has 0 unspecified atom stereocenters. The number of hydrogen-bond donors (Lipinski definition) is 1. The molecule has 7 nitrogen and oxygen atoms in total. The number of nitrogens with zero attached hydrogens (tertiary/aromatic N) is 3. The van der Waals surface area contributed by atoms with E-state index in [4.69, 9.17) is 4.74 Å². The van der Waals surface area contributed by atoms with Gasteiger partial charge in [0, 0.05) is 11.3 Å². The van der Waals surface area contributed by atoms with E-state index in [0.29, 0.717) is 27.3 Å². The molecule has 0 saturated heterocycles. The summed E-state index contributed by atoms with van der Waals surface area (Å²) >= 11 is 1.10. The molecule has 29 heavy (non-hydrogen) atoms. The molecule has 4 aromatic rings. The summed E-state index contributed by atoms with van der Waals surface area (Å²) in [5.41, 5.74) is 3.59. The fourth-order valence-electron chi connectivity index (χ4n) is 2.98. The first kappa shape index (κ1) is 18.8. The molecule has 1 N–H and O–H groups in total. The highest BCUT2D eigenvalue weighted by Crippen LogP contribution is 2.27. The predicted octanol–water partition coefficient (Wildman–Crippen LogP) is 3.48. The van der Waals surface area contributed by atoms with Gasteiger partial charge in [-0.25, -0.2) is 4.98 Å². The molecule has 2 aromatic carbocycles. The largest absolute Gasteiger partial charge is 0.497 e. The van der Waals surface area contributed by atoms with E-state index in [1.807, 2.05) is 31.2 Å². The van der Waals surface area contributed by atoms with Crippen molar-refractivity contribution in [3.63, 3.8) is 0 Å². The smallest absolute Gasteiger partial charge is 0.273 e. The normalized spacial score (nSPS) is 10.8. The van der Waals surface area contributed by atoms with Gasteiger partial charge in [0.1, 0.15) is 28.2 Å². The van der Waals surface area contributed by atoms with E-state index in [2.05, 4.69) is 14.7 Å². The first-order valence-corrected chi connectivity index (χ1v) is 9.68. The fraction of sp³-hybridized carbons (Fsp3) is 0.143. The van der Waals surface area contributed by atoms with Gasteiger partial charge in [0.05, 0.1) is 13.4 Å². The molecule has 0 aliphatic carbocycles. The van der Waals surface area contributed by atoms with Crippen LogP contribution in [-0.4, -0.2) is 26.9 Å². The van der Waals surface area contributed by atoms with Gasteiger partial charge in [0.25, 0.3) is 5.56 Å². The van der Waals surface area contributed by atoms with Gasteiger partial charge in [-0.05, 0) is 48.8 Å². The lowest BCUT2D eigenvalue weighted by Gasteiger charge is -2.08. The van der Waals surface area contributed by atoms with E-state index >= 15 is 0 Å². The number of amides is 1. The maximum absolute atomic E-state index is 12.8. The Hall–Kier alpha value is -3.52. The van der Waals surface area contributed by atoms with E-state index in [0.717, 1.165) is 22.7 Å². The van der Waals surface area contributed by atoms with Crippen LogP contribution in [0.3, 0.4) is 0 Å². The molecule has 0 aliphatic heterocycles. The molecule has 0 radical (unpaired) electrons. The van der Waals surface area contributed by atoms with Gasteiger partial charge in [0.2, 0.25) is 5.91 Å². The van der Waals surface area contributed by atoms with Gasteiger partial charge in [-0.1, -0.05) is 23.8 Å². The van der Waals surface area contributed by atoms with Gasteiger partial charge in [0.15, 0.2) is 0 Å². The number of ether oxygens (including phenoxy) is 1. The fourth-order valence-corrected chi connectivity index (χ4v) is 3.79. The van der Waals surface area contributed by atoms with Crippen molar-refractivity contribution in [2.24, 2.45) is 0 Å². The summed E-state index contributed by atoms with van der Waals surface area (Å²) in [6, 6.07) is 14.9. The van der Waals surface area contributed by atoms with Crippen LogP contribution in [0.2, 0.25) is 0 Å². The first-order chi connectivity index (χ1) is 14.0. The molecule has 2 aromatic heterocycles. The topological polar surface area (TPSA) is 86.1 Å². The van der Waals surface area contributed by atoms with Crippen LogP contribution in [0.1, 0.15) is 5.56 Å². The third kappa shape index (κ3) is 3.88. The Bertz CT molecular complexity index is 1250. The van der Waals surface area contributed by atoms with E-state index in [1.165, 1.54) is 10.9 Å². The lowest BCUT2D eigenvalue weighted by atomic mass is 10.1.